The monoisotopic (exact) mass is 301 g/mol. The molecule has 0 saturated carbocycles. The van der Waals surface area contributed by atoms with Gasteiger partial charge in [0, 0.05) is 11.1 Å². The van der Waals surface area contributed by atoms with E-state index in [1.165, 1.54) is 12.1 Å². The second-order valence-corrected chi connectivity index (χ2v) is 4.03. The van der Waals surface area contributed by atoms with E-state index in [2.05, 4.69) is 0 Å². The second-order valence-electron chi connectivity index (χ2n) is 3.62. The third-order valence-corrected chi connectivity index (χ3v) is 2.82. The lowest BCUT2D eigenvalue weighted by Crippen LogP contribution is -2.36. The molecule has 0 fully saturated rings. The van der Waals surface area contributed by atoms with E-state index in [4.69, 9.17) is 31.9 Å². The normalized spacial score (nSPS) is 15.2. The van der Waals surface area contributed by atoms with Gasteiger partial charge in [0.05, 0.1) is 6.04 Å². The molecule has 1 aromatic carbocycles. The van der Waals surface area contributed by atoms with E-state index < -0.39 is 18.6 Å². The van der Waals surface area contributed by atoms with Crippen LogP contribution in [0.5, 0.6) is 11.5 Å². The maximum atomic E-state index is 13.3. The van der Waals surface area contributed by atoms with Gasteiger partial charge in [0.15, 0.2) is 11.5 Å². The Labute approximate surface area is 113 Å². The van der Waals surface area contributed by atoms with Crippen molar-refractivity contribution in [2.24, 2.45) is 5.73 Å². The van der Waals surface area contributed by atoms with Crippen molar-refractivity contribution in [3.8, 4) is 11.5 Å². The first-order valence-electron chi connectivity index (χ1n) is 4.79. The van der Waals surface area contributed by atoms with E-state index >= 15 is 0 Å². The molecule has 0 aromatic heterocycles. The summed E-state index contributed by atoms with van der Waals surface area (Å²) in [7, 11) is 0. The van der Waals surface area contributed by atoms with Gasteiger partial charge < -0.3 is 20.3 Å². The highest BCUT2D eigenvalue weighted by Crippen LogP contribution is 2.41. The van der Waals surface area contributed by atoms with E-state index in [1.54, 1.807) is 0 Å². The van der Waals surface area contributed by atoms with Gasteiger partial charge in [-0.25, -0.2) is 8.78 Å². The second kappa shape index (κ2) is 5.44. The van der Waals surface area contributed by atoms with E-state index in [9.17, 15) is 8.78 Å². The van der Waals surface area contributed by atoms with Crippen LogP contribution >= 0.6 is 24.0 Å². The summed E-state index contributed by atoms with van der Waals surface area (Å²) >= 11 is 5.84. The fourth-order valence-corrected chi connectivity index (χ4v) is 1.77. The number of hydrogen-bond acceptors (Lipinski definition) is 4. The summed E-state index contributed by atoms with van der Waals surface area (Å²) in [5.74, 6) is -2.75. The molecule has 8 heteroatoms. The van der Waals surface area contributed by atoms with Crippen molar-refractivity contribution in [1.29, 1.82) is 0 Å². The predicted molar refractivity (Wildman–Crippen MR) is 63.8 cm³/mol. The van der Waals surface area contributed by atoms with Crippen molar-refractivity contribution in [1.82, 2.24) is 0 Å². The lowest BCUT2D eigenvalue weighted by Gasteiger charge is -2.22. The van der Waals surface area contributed by atoms with E-state index in [1.807, 2.05) is 0 Å². The summed E-state index contributed by atoms with van der Waals surface area (Å²) in [5, 5.41) is 8.63. The first-order chi connectivity index (χ1) is 7.95. The zero-order valence-corrected chi connectivity index (χ0v) is 10.6. The van der Waals surface area contributed by atoms with Crippen LogP contribution in [0.1, 0.15) is 11.6 Å². The van der Waals surface area contributed by atoms with Gasteiger partial charge in [0.25, 0.3) is 5.92 Å². The van der Waals surface area contributed by atoms with Crippen LogP contribution in [0.4, 0.5) is 8.78 Å². The molecule has 1 heterocycles. The molecule has 4 nitrogen and oxygen atoms in total. The molecule has 0 radical (unpaired) electrons. The number of rotatable bonds is 3. The highest BCUT2D eigenvalue weighted by atomic mass is 35.5. The SMILES string of the molecule is Cl.N[C@H](c1cc2c(cc1Cl)OCO2)C(F)(F)CO. The van der Waals surface area contributed by atoms with E-state index in [0.717, 1.165) is 0 Å². The minimum atomic E-state index is -3.45. The Balaban J connectivity index is 0.00000162. The number of benzene rings is 1. The standard InChI is InChI=1S/C10H10ClF2NO3.ClH/c11-6-2-8-7(16-4-17-8)1-5(6)9(14)10(12,13)3-15;/h1-2,9,15H,3-4,14H2;1H/t9-;/m1./s1. The van der Waals surface area contributed by atoms with Crippen molar-refractivity contribution >= 4 is 24.0 Å². The van der Waals surface area contributed by atoms with Crippen LogP contribution in [0, 0.1) is 0 Å². The molecular formula is C10H11Cl2F2NO3. The molecule has 1 atom stereocenters. The highest BCUT2D eigenvalue weighted by Gasteiger charge is 2.39. The molecule has 0 aliphatic carbocycles. The quantitative estimate of drug-likeness (QED) is 0.897. The van der Waals surface area contributed by atoms with Crippen LogP contribution in [0.2, 0.25) is 5.02 Å². The van der Waals surface area contributed by atoms with Gasteiger partial charge >= 0.3 is 0 Å². The van der Waals surface area contributed by atoms with Gasteiger partial charge in [-0.15, -0.1) is 12.4 Å². The minimum Gasteiger partial charge on any atom is -0.454 e. The summed E-state index contributed by atoms with van der Waals surface area (Å²) < 4.78 is 36.6. The van der Waals surface area contributed by atoms with E-state index in [0.29, 0.717) is 11.5 Å². The summed E-state index contributed by atoms with van der Waals surface area (Å²) in [5.41, 5.74) is 5.40. The number of alkyl halides is 2. The van der Waals surface area contributed by atoms with Gasteiger partial charge in [0.2, 0.25) is 6.79 Å². The fourth-order valence-electron chi connectivity index (χ4n) is 1.50. The Hall–Kier alpha value is -0.820. The Morgan fingerprint density at radius 1 is 1.39 bits per heavy atom. The zero-order chi connectivity index (χ0) is 12.6. The number of halogens is 4. The summed E-state index contributed by atoms with van der Waals surface area (Å²) in [6.07, 6.45) is 0. The fraction of sp³-hybridized carbons (Fsp3) is 0.400. The molecule has 102 valence electrons. The summed E-state index contributed by atoms with van der Waals surface area (Å²) in [4.78, 5) is 0. The molecule has 0 saturated heterocycles. The smallest absolute Gasteiger partial charge is 0.289 e. The van der Waals surface area contributed by atoms with Crippen LogP contribution in [-0.2, 0) is 0 Å². The van der Waals surface area contributed by atoms with Crippen LogP contribution < -0.4 is 15.2 Å². The average molecular weight is 302 g/mol. The molecule has 1 aromatic rings. The summed E-state index contributed by atoms with van der Waals surface area (Å²) in [6.45, 7) is -1.33. The molecule has 0 amide bonds. The predicted octanol–water partition coefficient (Wildman–Crippen LogP) is 2.12. The number of ether oxygens (including phenoxy) is 2. The Bertz CT molecular complexity index is 445. The molecule has 1 aliphatic rings. The maximum Gasteiger partial charge on any atom is 0.289 e. The molecular weight excluding hydrogens is 291 g/mol. The van der Waals surface area contributed by atoms with Crippen LogP contribution in [0.3, 0.4) is 0 Å². The van der Waals surface area contributed by atoms with Gasteiger partial charge in [0.1, 0.15) is 6.61 Å². The molecule has 0 bridgehead atoms. The first-order valence-corrected chi connectivity index (χ1v) is 5.17. The van der Waals surface area contributed by atoms with Gasteiger partial charge in [-0.2, -0.15) is 0 Å². The van der Waals surface area contributed by atoms with Gasteiger partial charge in [-0.3, -0.25) is 0 Å². The first kappa shape index (κ1) is 15.2. The van der Waals surface area contributed by atoms with Crippen molar-refractivity contribution < 1.29 is 23.4 Å². The van der Waals surface area contributed by atoms with Crippen molar-refractivity contribution in [3.05, 3.63) is 22.7 Å². The van der Waals surface area contributed by atoms with Crippen LogP contribution in [0.25, 0.3) is 0 Å². The van der Waals surface area contributed by atoms with Crippen LogP contribution in [-0.4, -0.2) is 24.4 Å². The van der Waals surface area contributed by atoms with E-state index in [-0.39, 0.29) is 29.8 Å². The largest absolute Gasteiger partial charge is 0.454 e. The van der Waals surface area contributed by atoms with Crippen molar-refractivity contribution in [2.45, 2.75) is 12.0 Å². The van der Waals surface area contributed by atoms with Gasteiger partial charge in [-0.1, -0.05) is 11.6 Å². The topological polar surface area (TPSA) is 64.7 Å². The number of hydrogen-bond donors (Lipinski definition) is 2. The Morgan fingerprint density at radius 3 is 2.50 bits per heavy atom. The average Bonchev–Trinajstić information content (AvgIpc) is 2.73. The molecule has 3 N–H and O–H groups in total. The van der Waals surface area contributed by atoms with Crippen molar-refractivity contribution in [3.63, 3.8) is 0 Å². The highest BCUT2D eigenvalue weighted by molar-refractivity contribution is 6.31. The number of aliphatic hydroxyl groups excluding tert-OH is 1. The number of nitrogens with two attached hydrogens (primary N) is 1. The Kier molecular flexibility index (Phi) is 4.61. The van der Waals surface area contributed by atoms with Crippen molar-refractivity contribution in [2.75, 3.05) is 13.4 Å². The Morgan fingerprint density at radius 2 is 1.94 bits per heavy atom. The molecule has 0 unspecified atom stereocenters. The molecule has 0 spiro atoms. The third kappa shape index (κ3) is 2.61. The third-order valence-electron chi connectivity index (χ3n) is 2.49. The maximum absolute atomic E-state index is 13.3. The molecule has 2 rings (SSSR count). The number of fused-ring (bicyclic) bond motifs is 1. The van der Waals surface area contributed by atoms with Crippen LogP contribution in [0.15, 0.2) is 12.1 Å². The molecule has 18 heavy (non-hydrogen) atoms. The number of aliphatic hydroxyl groups is 1. The zero-order valence-electron chi connectivity index (χ0n) is 9.03. The molecule has 1 aliphatic heterocycles. The van der Waals surface area contributed by atoms with Gasteiger partial charge in [-0.05, 0) is 11.6 Å². The summed E-state index contributed by atoms with van der Waals surface area (Å²) in [6, 6.07) is 0.973. The lowest BCUT2D eigenvalue weighted by molar-refractivity contribution is -0.0711. The minimum absolute atomic E-state index is 0. The lowest BCUT2D eigenvalue weighted by atomic mass is 10.0.